The second-order valence-electron chi connectivity index (χ2n) is 8.73. The molecular weight excluding hydrogens is 437 g/mol. The zero-order valence-corrected chi connectivity index (χ0v) is 19.6. The summed E-state index contributed by atoms with van der Waals surface area (Å²) in [4.78, 5) is 19.2. The van der Waals surface area contributed by atoms with Crippen LogP contribution in [0.25, 0.3) is 0 Å². The van der Waals surface area contributed by atoms with Gasteiger partial charge < -0.3 is 18.9 Å². The highest BCUT2D eigenvalue weighted by atomic mass is 19.1. The van der Waals surface area contributed by atoms with E-state index in [4.69, 9.17) is 14.0 Å². The van der Waals surface area contributed by atoms with Gasteiger partial charge in [-0.3, -0.25) is 4.79 Å². The average molecular weight is 468 g/mol. The number of aryl methyl sites for hydroxylation is 1. The van der Waals surface area contributed by atoms with Crippen molar-refractivity contribution in [1.29, 1.82) is 0 Å². The van der Waals surface area contributed by atoms with Gasteiger partial charge in [0.1, 0.15) is 18.2 Å². The van der Waals surface area contributed by atoms with Gasteiger partial charge in [-0.2, -0.15) is 4.98 Å². The number of nitrogens with zero attached hydrogens (tertiary/aromatic N) is 3. The topological polar surface area (TPSA) is 77.7 Å². The lowest BCUT2D eigenvalue weighted by Crippen LogP contribution is -2.34. The van der Waals surface area contributed by atoms with Crippen molar-refractivity contribution in [3.8, 4) is 5.75 Å². The molecule has 0 aliphatic carbocycles. The van der Waals surface area contributed by atoms with E-state index in [0.29, 0.717) is 63.2 Å². The first-order valence-electron chi connectivity index (χ1n) is 11.6. The van der Waals surface area contributed by atoms with Crippen molar-refractivity contribution in [2.45, 2.75) is 45.6 Å². The van der Waals surface area contributed by atoms with Crippen LogP contribution in [0.15, 0.2) is 47.0 Å². The number of rotatable bonds is 4. The van der Waals surface area contributed by atoms with E-state index >= 15 is 0 Å². The van der Waals surface area contributed by atoms with E-state index in [0.717, 1.165) is 16.7 Å². The summed E-state index contributed by atoms with van der Waals surface area (Å²) >= 11 is 0. The number of carbonyl (C=O) groups is 1. The van der Waals surface area contributed by atoms with Gasteiger partial charge in [-0.25, -0.2) is 4.39 Å². The molecule has 34 heavy (non-hydrogen) atoms. The first-order chi connectivity index (χ1) is 16.5. The minimum atomic E-state index is -0.297. The van der Waals surface area contributed by atoms with E-state index in [1.165, 1.54) is 12.1 Å². The highest BCUT2D eigenvalue weighted by molar-refractivity contribution is 5.76. The number of carbonyl (C=O) groups excluding carboxylic acids is 1. The van der Waals surface area contributed by atoms with Gasteiger partial charge in [0, 0.05) is 43.8 Å². The van der Waals surface area contributed by atoms with E-state index in [-0.39, 0.29) is 24.1 Å². The lowest BCUT2D eigenvalue weighted by Gasteiger charge is -2.23. The molecule has 4 rings (SSSR count). The largest absolute Gasteiger partial charge is 0.491 e. The summed E-state index contributed by atoms with van der Waals surface area (Å²) in [6, 6.07) is 12.6. The first-order valence-corrected chi connectivity index (χ1v) is 11.6. The molecule has 0 fully saturated rings. The van der Waals surface area contributed by atoms with Crippen LogP contribution in [0.4, 0.5) is 4.39 Å². The molecule has 1 aliphatic heterocycles. The zero-order valence-electron chi connectivity index (χ0n) is 19.6. The summed E-state index contributed by atoms with van der Waals surface area (Å²) in [7, 11) is 0. The van der Waals surface area contributed by atoms with Crippen molar-refractivity contribution in [2.24, 2.45) is 0 Å². The SMILES string of the molecule is CC(C)c1noc(CCC(=O)N2CCOCCOc3ccc(F)cc3Cc3cccc(c3)C2)n1. The second-order valence-corrected chi connectivity index (χ2v) is 8.73. The summed E-state index contributed by atoms with van der Waals surface area (Å²) in [6.45, 7) is 6.04. The molecule has 1 amide bonds. The first kappa shape index (κ1) is 23.9. The molecule has 1 aromatic heterocycles. The molecule has 3 aromatic rings. The van der Waals surface area contributed by atoms with E-state index < -0.39 is 0 Å². The molecule has 8 heteroatoms. The highest BCUT2D eigenvalue weighted by Crippen LogP contribution is 2.24. The van der Waals surface area contributed by atoms with Crippen molar-refractivity contribution in [1.82, 2.24) is 15.0 Å². The number of hydrogen-bond acceptors (Lipinski definition) is 6. The Morgan fingerprint density at radius 2 is 1.97 bits per heavy atom. The van der Waals surface area contributed by atoms with Gasteiger partial charge in [-0.15, -0.1) is 0 Å². The van der Waals surface area contributed by atoms with Crippen LogP contribution in [0.5, 0.6) is 5.75 Å². The Kier molecular flexibility index (Phi) is 7.90. The molecule has 0 unspecified atom stereocenters. The number of aromatic nitrogens is 2. The van der Waals surface area contributed by atoms with Gasteiger partial charge in [0.25, 0.3) is 0 Å². The fourth-order valence-corrected chi connectivity index (χ4v) is 3.86. The predicted molar refractivity (Wildman–Crippen MR) is 124 cm³/mol. The van der Waals surface area contributed by atoms with Gasteiger partial charge in [0.2, 0.25) is 11.8 Å². The lowest BCUT2D eigenvalue weighted by atomic mass is 10.0. The minimum Gasteiger partial charge on any atom is -0.491 e. The third-order valence-corrected chi connectivity index (χ3v) is 5.68. The van der Waals surface area contributed by atoms with E-state index in [1.54, 1.807) is 11.0 Å². The lowest BCUT2D eigenvalue weighted by molar-refractivity contribution is -0.132. The van der Waals surface area contributed by atoms with Crippen LogP contribution in [0.2, 0.25) is 0 Å². The Hall–Kier alpha value is -3.26. The number of amides is 1. The maximum Gasteiger partial charge on any atom is 0.227 e. The molecule has 2 heterocycles. The van der Waals surface area contributed by atoms with Crippen molar-refractivity contribution in [3.63, 3.8) is 0 Å². The number of halogens is 1. The van der Waals surface area contributed by atoms with Crippen molar-refractivity contribution in [2.75, 3.05) is 26.4 Å². The van der Waals surface area contributed by atoms with Gasteiger partial charge in [0.15, 0.2) is 5.82 Å². The quantitative estimate of drug-likeness (QED) is 0.570. The Labute approximate surface area is 198 Å². The minimum absolute atomic E-state index is 0.00550. The van der Waals surface area contributed by atoms with E-state index in [1.807, 2.05) is 32.0 Å². The molecule has 0 radical (unpaired) electrons. The molecule has 0 saturated heterocycles. The standard InChI is InChI=1S/C26H30FN3O4/c1-18(2)26-28-24(34-29-26)8-9-25(31)30-10-11-32-12-13-33-23-7-6-22(27)16-21(23)15-19-4-3-5-20(14-19)17-30/h3-7,14,16,18H,8-13,15,17H2,1-2H3. The summed E-state index contributed by atoms with van der Waals surface area (Å²) in [5.41, 5.74) is 2.81. The fraction of sp³-hybridized carbons (Fsp3) is 0.423. The fourth-order valence-electron chi connectivity index (χ4n) is 3.86. The van der Waals surface area contributed by atoms with Crippen molar-refractivity contribution < 1.29 is 23.2 Å². The monoisotopic (exact) mass is 467 g/mol. The average Bonchev–Trinajstić information content (AvgIpc) is 3.29. The van der Waals surface area contributed by atoms with Crippen molar-refractivity contribution in [3.05, 3.63) is 76.7 Å². The molecule has 0 atom stereocenters. The molecule has 7 nitrogen and oxygen atoms in total. The van der Waals surface area contributed by atoms with E-state index in [9.17, 15) is 9.18 Å². The van der Waals surface area contributed by atoms with Crippen LogP contribution in [0.3, 0.4) is 0 Å². The number of benzene rings is 2. The number of fused-ring (bicyclic) bond motifs is 3. The highest BCUT2D eigenvalue weighted by Gasteiger charge is 2.18. The molecule has 0 saturated carbocycles. The van der Waals surface area contributed by atoms with Crippen LogP contribution < -0.4 is 4.74 Å². The Bertz CT molecular complexity index is 1110. The molecule has 0 N–H and O–H groups in total. The maximum absolute atomic E-state index is 13.9. The van der Waals surface area contributed by atoms with E-state index in [2.05, 4.69) is 16.2 Å². The van der Waals surface area contributed by atoms with Gasteiger partial charge >= 0.3 is 0 Å². The summed E-state index contributed by atoms with van der Waals surface area (Å²) in [6.07, 6.45) is 1.20. The smallest absolute Gasteiger partial charge is 0.227 e. The third kappa shape index (κ3) is 6.41. The third-order valence-electron chi connectivity index (χ3n) is 5.68. The predicted octanol–water partition coefficient (Wildman–Crippen LogP) is 4.29. The van der Waals surface area contributed by atoms with Crippen LogP contribution in [-0.4, -0.2) is 47.3 Å². The molecule has 2 bridgehead atoms. The van der Waals surface area contributed by atoms with Gasteiger partial charge in [-0.05, 0) is 29.3 Å². The molecule has 180 valence electrons. The molecule has 1 aliphatic rings. The van der Waals surface area contributed by atoms with Gasteiger partial charge in [0.05, 0.1) is 13.2 Å². The molecule has 0 spiro atoms. The normalized spacial score (nSPS) is 14.9. The zero-order chi connectivity index (χ0) is 23.9. The summed E-state index contributed by atoms with van der Waals surface area (Å²) < 4.78 is 30.7. The Morgan fingerprint density at radius 1 is 1.12 bits per heavy atom. The van der Waals surface area contributed by atoms with Crippen LogP contribution in [0, 0.1) is 5.82 Å². The molecule has 2 aromatic carbocycles. The number of ether oxygens (including phenoxy) is 2. The van der Waals surface area contributed by atoms with Crippen LogP contribution >= 0.6 is 0 Å². The van der Waals surface area contributed by atoms with Crippen molar-refractivity contribution >= 4 is 5.91 Å². The summed E-state index contributed by atoms with van der Waals surface area (Å²) in [5, 5.41) is 3.96. The molecular formula is C26H30FN3O4. The number of hydrogen-bond donors (Lipinski definition) is 0. The summed E-state index contributed by atoms with van der Waals surface area (Å²) in [5.74, 6) is 1.65. The second kappa shape index (κ2) is 11.2. The van der Waals surface area contributed by atoms with Crippen LogP contribution in [0.1, 0.15) is 54.6 Å². The Morgan fingerprint density at radius 3 is 2.79 bits per heavy atom. The maximum atomic E-state index is 13.9. The van der Waals surface area contributed by atoms with Gasteiger partial charge in [-0.1, -0.05) is 43.3 Å². The Balaban J connectivity index is 1.48. The van der Waals surface area contributed by atoms with Crippen LogP contribution in [-0.2, 0) is 28.9 Å².